The van der Waals surface area contributed by atoms with Gasteiger partial charge in [0.2, 0.25) is 5.95 Å². The minimum atomic E-state index is -4.49. The number of nitrogens with zero attached hydrogens (tertiary/aromatic N) is 5. The summed E-state index contributed by atoms with van der Waals surface area (Å²) in [6.45, 7) is 2.84. The van der Waals surface area contributed by atoms with Gasteiger partial charge in [0.15, 0.2) is 0 Å². The van der Waals surface area contributed by atoms with Crippen LogP contribution in [0.3, 0.4) is 0 Å². The van der Waals surface area contributed by atoms with Gasteiger partial charge in [0.25, 0.3) is 5.91 Å². The van der Waals surface area contributed by atoms with Gasteiger partial charge in [0.1, 0.15) is 5.82 Å². The second-order valence-electron chi connectivity index (χ2n) is 8.10. The van der Waals surface area contributed by atoms with Crippen molar-refractivity contribution in [1.29, 1.82) is 0 Å². The van der Waals surface area contributed by atoms with Gasteiger partial charge in [-0.2, -0.15) is 13.2 Å². The molecule has 3 heterocycles. The largest absolute Gasteiger partial charge is 0.416 e. The molecule has 0 radical (unpaired) electrons. The number of benzene rings is 2. The zero-order valence-electron chi connectivity index (χ0n) is 18.5. The van der Waals surface area contributed by atoms with Crippen molar-refractivity contribution in [3.63, 3.8) is 0 Å². The highest BCUT2D eigenvalue weighted by Crippen LogP contribution is 2.32. The van der Waals surface area contributed by atoms with Crippen LogP contribution >= 0.6 is 0 Å². The third-order valence-corrected chi connectivity index (χ3v) is 5.88. The molecule has 10 heteroatoms. The molecule has 0 saturated carbocycles. The van der Waals surface area contributed by atoms with Gasteiger partial charge >= 0.3 is 6.18 Å². The Morgan fingerprint density at radius 2 is 1.51 bits per heavy atom. The number of anilines is 3. The van der Waals surface area contributed by atoms with Crippen molar-refractivity contribution in [1.82, 2.24) is 15.0 Å². The molecular weight excluding hydrogens is 457 g/mol. The molecule has 2 aromatic heterocycles. The summed E-state index contributed by atoms with van der Waals surface area (Å²) in [4.78, 5) is 30.5. The summed E-state index contributed by atoms with van der Waals surface area (Å²) >= 11 is 0. The van der Waals surface area contributed by atoms with Crippen molar-refractivity contribution in [2.75, 3.05) is 41.3 Å². The Morgan fingerprint density at radius 3 is 2.23 bits per heavy atom. The molecule has 35 heavy (non-hydrogen) atoms. The lowest BCUT2D eigenvalue weighted by molar-refractivity contribution is -0.137. The topological polar surface area (TPSA) is 74.2 Å². The van der Waals surface area contributed by atoms with E-state index in [2.05, 4.69) is 30.1 Å². The molecule has 0 spiro atoms. The maximum absolute atomic E-state index is 13.0. The number of fused-ring (bicyclic) bond motifs is 1. The van der Waals surface area contributed by atoms with Crippen LogP contribution in [-0.2, 0) is 6.18 Å². The average Bonchev–Trinajstić information content (AvgIpc) is 2.88. The number of aromatic nitrogens is 3. The lowest BCUT2D eigenvalue weighted by Gasteiger charge is -2.35. The average molecular weight is 478 g/mol. The monoisotopic (exact) mass is 478 g/mol. The van der Waals surface area contributed by atoms with E-state index in [4.69, 9.17) is 0 Å². The van der Waals surface area contributed by atoms with Crippen LogP contribution in [0.15, 0.2) is 73.2 Å². The summed E-state index contributed by atoms with van der Waals surface area (Å²) in [5, 5.41) is 4.05. The van der Waals surface area contributed by atoms with Crippen molar-refractivity contribution < 1.29 is 18.0 Å². The number of carbonyl (C=O) groups excluding carboxylic acids is 1. The minimum Gasteiger partial charge on any atom is -0.353 e. The molecule has 1 N–H and O–H groups in total. The Bertz CT molecular complexity index is 1350. The molecule has 4 aromatic rings. The Balaban J connectivity index is 1.38. The molecule has 1 saturated heterocycles. The van der Waals surface area contributed by atoms with Gasteiger partial charge < -0.3 is 15.1 Å². The number of hydrogen-bond acceptors (Lipinski definition) is 6. The van der Waals surface area contributed by atoms with Crippen LogP contribution in [0.1, 0.15) is 15.9 Å². The first-order valence-electron chi connectivity index (χ1n) is 11.0. The number of hydrogen-bond donors (Lipinski definition) is 1. The molecule has 1 aliphatic heterocycles. The van der Waals surface area contributed by atoms with Crippen LogP contribution in [0.5, 0.6) is 0 Å². The molecule has 1 fully saturated rings. The smallest absolute Gasteiger partial charge is 0.353 e. The number of alkyl halides is 3. The number of piperazine rings is 1. The maximum Gasteiger partial charge on any atom is 0.416 e. The van der Waals surface area contributed by atoms with Gasteiger partial charge in [0.05, 0.1) is 11.1 Å². The predicted molar refractivity (Wildman–Crippen MR) is 128 cm³/mol. The van der Waals surface area contributed by atoms with Crippen molar-refractivity contribution in [3.8, 4) is 0 Å². The highest BCUT2D eigenvalue weighted by Gasteiger charge is 2.30. The molecule has 0 bridgehead atoms. The fourth-order valence-corrected chi connectivity index (χ4v) is 4.16. The van der Waals surface area contributed by atoms with E-state index < -0.39 is 17.6 Å². The first-order chi connectivity index (χ1) is 16.9. The van der Waals surface area contributed by atoms with E-state index in [-0.39, 0.29) is 11.3 Å². The molecule has 0 aliphatic carbocycles. The zero-order chi connectivity index (χ0) is 24.4. The Kier molecular flexibility index (Phi) is 5.94. The lowest BCUT2D eigenvalue weighted by Crippen LogP contribution is -2.47. The summed E-state index contributed by atoms with van der Waals surface area (Å²) in [6, 6.07) is 13.7. The van der Waals surface area contributed by atoms with E-state index in [1.54, 1.807) is 18.5 Å². The standard InChI is InChI=1S/C25H21F3N6O/c26-25(27,28)17-5-3-6-18(15-17)32-23(35)21-16-31-22(20-8-2-1-7-19(20)21)33-11-13-34(14-12-33)24-29-9-4-10-30-24/h1-10,15-16H,11-14H2,(H,32,35). The van der Waals surface area contributed by atoms with E-state index in [9.17, 15) is 18.0 Å². The summed E-state index contributed by atoms with van der Waals surface area (Å²) < 4.78 is 39.1. The van der Waals surface area contributed by atoms with Crippen molar-refractivity contribution >= 4 is 34.1 Å². The van der Waals surface area contributed by atoms with E-state index in [0.717, 1.165) is 36.4 Å². The van der Waals surface area contributed by atoms with Gasteiger partial charge in [-0.3, -0.25) is 4.79 Å². The molecule has 0 unspecified atom stereocenters. The summed E-state index contributed by atoms with van der Waals surface area (Å²) in [6.07, 6.45) is 0.417. The Hall–Kier alpha value is -4.21. The third-order valence-electron chi connectivity index (χ3n) is 5.88. The van der Waals surface area contributed by atoms with Gasteiger partial charge in [-0.05, 0) is 29.7 Å². The highest BCUT2D eigenvalue weighted by molar-refractivity contribution is 6.14. The SMILES string of the molecule is O=C(Nc1cccc(C(F)(F)F)c1)c1cnc(N2CCN(c3ncccn3)CC2)c2ccccc12. The number of rotatable bonds is 4. The normalized spacial score (nSPS) is 14.3. The van der Waals surface area contributed by atoms with Gasteiger partial charge in [-0.15, -0.1) is 0 Å². The van der Waals surface area contributed by atoms with Crippen molar-refractivity contribution in [2.24, 2.45) is 0 Å². The first kappa shape index (κ1) is 22.6. The van der Waals surface area contributed by atoms with Crippen LogP contribution in [-0.4, -0.2) is 47.0 Å². The Labute approximate surface area is 199 Å². The van der Waals surface area contributed by atoms with E-state index in [1.807, 2.05) is 24.3 Å². The zero-order valence-corrected chi connectivity index (χ0v) is 18.5. The quantitative estimate of drug-likeness (QED) is 0.461. The van der Waals surface area contributed by atoms with Crippen LogP contribution in [0, 0.1) is 0 Å². The number of carbonyl (C=O) groups is 1. The van der Waals surface area contributed by atoms with Crippen LogP contribution in [0.25, 0.3) is 10.8 Å². The maximum atomic E-state index is 13.0. The summed E-state index contributed by atoms with van der Waals surface area (Å²) in [7, 11) is 0. The van der Waals surface area contributed by atoms with Crippen molar-refractivity contribution in [2.45, 2.75) is 6.18 Å². The predicted octanol–water partition coefficient (Wildman–Crippen LogP) is 4.62. The van der Waals surface area contributed by atoms with Crippen LogP contribution < -0.4 is 15.1 Å². The summed E-state index contributed by atoms with van der Waals surface area (Å²) in [5.41, 5.74) is -0.469. The second kappa shape index (κ2) is 9.21. The molecular formula is C25H21F3N6O. The van der Waals surface area contributed by atoms with E-state index >= 15 is 0 Å². The summed E-state index contributed by atoms with van der Waals surface area (Å²) in [5.74, 6) is 0.919. The molecule has 0 atom stereocenters. The number of amides is 1. The molecule has 2 aromatic carbocycles. The molecule has 5 rings (SSSR count). The number of nitrogens with one attached hydrogen (secondary N) is 1. The molecule has 178 valence electrons. The fourth-order valence-electron chi connectivity index (χ4n) is 4.16. The van der Waals surface area contributed by atoms with Gasteiger partial charge in [-0.25, -0.2) is 15.0 Å². The van der Waals surface area contributed by atoms with Gasteiger partial charge in [0, 0.05) is 55.8 Å². The molecule has 7 nitrogen and oxygen atoms in total. The minimum absolute atomic E-state index is 0.0669. The van der Waals surface area contributed by atoms with Crippen LogP contribution in [0.2, 0.25) is 0 Å². The third kappa shape index (κ3) is 4.72. The molecule has 1 amide bonds. The number of halogens is 3. The van der Waals surface area contributed by atoms with Gasteiger partial charge in [-0.1, -0.05) is 30.3 Å². The first-order valence-corrected chi connectivity index (χ1v) is 11.0. The van der Waals surface area contributed by atoms with Crippen LogP contribution in [0.4, 0.5) is 30.6 Å². The second-order valence-corrected chi connectivity index (χ2v) is 8.10. The lowest BCUT2D eigenvalue weighted by atomic mass is 10.1. The fraction of sp³-hybridized carbons (Fsp3) is 0.200. The van der Waals surface area contributed by atoms with Crippen molar-refractivity contribution in [3.05, 3.63) is 84.3 Å². The number of pyridine rings is 1. The molecule has 1 aliphatic rings. The van der Waals surface area contributed by atoms with E-state index in [1.165, 1.54) is 18.3 Å². The van der Waals surface area contributed by atoms with E-state index in [0.29, 0.717) is 24.4 Å². The Morgan fingerprint density at radius 1 is 0.829 bits per heavy atom. The highest BCUT2D eigenvalue weighted by atomic mass is 19.4.